The highest BCUT2D eigenvalue weighted by Crippen LogP contribution is 2.37. The quantitative estimate of drug-likeness (QED) is 0.219. The Morgan fingerprint density at radius 2 is 1.70 bits per heavy atom. The van der Waals surface area contributed by atoms with Crippen LogP contribution in [0.4, 0.5) is 5.69 Å². The summed E-state index contributed by atoms with van der Waals surface area (Å²) in [5.74, 6) is -2.93. The molecule has 2 aliphatic rings. The first kappa shape index (κ1) is 26.4. The molecule has 3 N–H and O–H groups in total. The average molecular weight is 541 g/mol. The lowest BCUT2D eigenvalue weighted by atomic mass is 9.96. The summed E-state index contributed by atoms with van der Waals surface area (Å²) < 4.78 is 5.35. The van der Waals surface area contributed by atoms with Crippen molar-refractivity contribution in [3.05, 3.63) is 99.7 Å². The summed E-state index contributed by atoms with van der Waals surface area (Å²) in [6, 6.07) is 16.8. The molecule has 0 bridgehead atoms. The van der Waals surface area contributed by atoms with Crippen molar-refractivity contribution < 1.29 is 34.1 Å². The van der Waals surface area contributed by atoms with Gasteiger partial charge in [0.25, 0.3) is 11.8 Å². The molecule has 0 saturated carbocycles. The van der Waals surface area contributed by atoms with Crippen LogP contribution in [0, 0.1) is 0 Å². The summed E-state index contributed by atoms with van der Waals surface area (Å²) in [7, 11) is 0. The van der Waals surface area contributed by atoms with Crippen LogP contribution < -0.4 is 10.2 Å². The number of allylic oxidation sites excluding steroid dienone is 1. The van der Waals surface area contributed by atoms with Gasteiger partial charge in [-0.15, -0.1) is 10.2 Å². The van der Waals surface area contributed by atoms with Gasteiger partial charge in [0, 0.05) is 24.5 Å². The Balaban J connectivity index is 1.51. The first-order chi connectivity index (χ1) is 19.2. The van der Waals surface area contributed by atoms with E-state index in [-0.39, 0.29) is 39.4 Å². The van der Waals surface area contributed by atoms with E-state index in [1.807, 2.05) is 30.3 Å². The first-order valence-electron chi connectivity index (χ1n) is 12.4. The minimum absolute atomic E-state index is 0.0165. The topological polar surface area (TPSA) is 158 Å². The number of hydrazine groups is 1. The van der Waals surface area contributed by atoms with Gasteiger partial charge in [-0.05, 0) is 41.8 Å². The van der Waals surface area contributed by atoms with Gasteiger partial charge in [-0.1, -0.05) is 43.3 Å². The van der Waals surface area contributed by atoms with Crippen LogP contribution in [0.3, 0.4) is 0 Å². The number of azo groups is 1. The predicted octanol–water partition coefficient (Wildman–Crippen LogP) is 4.24. The number of fused-ring (bicyclic) bond motifs is 2. The number of rotatable bonds is 8. The zero-order valence-corrected chi connectivity index (χ0v) is 21.5. The van der Waals surface area contributed by atoms with Gasteiger partial charge in [-0.25, -0.2) is 0 Å². The lowest BCUT2D eigenvalue weighted by Gasteiger charge is -2.13. The molecular weight excluding hydrogens is 516 g/mol. The lowest BCUT2D eigenvalue weighted by molar-refractivity contribution is -0.122. The Morgan fingerprint density at radius 3 is 2.40 bits per heavy atom. The zero-order valence-electron chi connectivity index (χ0n) is 21.5. The van der Waals surface area contributed by atoms with Crippen molar-refractivity contribution in [3.8, 4) is 5.75 Å². The fraction of sp³-hybridized carbons (Fsp3) is 0.172. The van der Waals surface area contributed by atoms with Gasteiger partial charge < -0.3 is 14.9 Å². The van der Waals surface area contributed by atoms with E-state index in [9.17, 15) is 29.4 Å². The van der Waals surface area contributed by atoms with Gasteiger partial charge in [0.05, 0.1) is 16.8 Å². The van der Waals surface area contributed by atoms with Crippen LogP contribution in [-0.2, 0) is 11.2 Å². The Morgan fingerprint density at radius 1 is 0.975 bits per heavy atom. The number of imide groups is 1. The fourth-order valence-corrected chi connectivity index (χ4v) is 4.51. The summed E-state index contributed by atoms with van der Waals surface area (Å²) in [6.45, 7) is 2.90. The number of aliphatic hydroxyl groups is 2. The number of ether oxygens (including phenoxy) is 1. The second kappa shape index (κ2) is 10.5. The number of nitrogens with one attached hydrogen (secondary N) is 1. The predicted molar refractivity (Wildman–Crippen MR) is 142 cm³/mol. The number of carbonyl (C=O) groups is 4. The number of hydrogen-bond donors (Lipinski definition) is 3. The summed E-state index contributed by atoms with van der Waals surface area (Å²) in [5, 5.41) is 29.1. The normalized spacial score (nSPS) is 15.1. The van der Waals surface area contributed by atoms with Crippen LogP contribution >= 0.6 is 0 Å². The number of amides is 3. The molecule has 0 spiro atoms. The molecule has 11 nitrogen and oxygen atoms in total. The molecule has 3 aromatic rings. The molecule has 1 unspecified atom stereocenters. The van der Waals surface area contributed by atoms with E-state index in [0.717, 1.165) is 5.56 Å². The molecular formula is C29H24N4O7. The van der Waals surface area contributed by atoms with Crippen molar-refractivity contribution in [2.24, 2.45) is 10.2 Å². The van der Waals surface area contributed by atoms with Crippen molar-refractivity contribution in [1.29, 1.82) is 0 Å². The van der Waals surface area contributed by atoms with E-state index in [0.29, 0.717) is 23.4 Å². The SMILES string of the molecule is CCC(O)Oc1ccc2c(c1)C(=O)C(N=Nc1ccc(Cc3ccccc3)c3c1C(=O)N(NC(C)=O)C3=O)=C2O. The Bertz CT molecular complexity index is 1630. The van der Waals surface area contributed by atoms with Gasteiger partial charge >= 0.3 is 0 Å². The molecule has 202 valence electrons. The molecule has 1 atom stereocenters. The van der Waals surface area contributed by atoms with E-state index >= 15 is 0 Å². The maximum absolute atomic E-state index is 13.2. The minimum Gasteiger partial charge on any atom is -0.505 e. The molecule has 5 rings (SSSR count). The second-order valence-electron chi connectivity index (χ2n) is 9.18. The highest BCUT2D eigenvalue weighted by atomic mass is 16.6. The number of Topliss-reactive ketones (excluding diaryl/α,β-unsaturated/α-hetero) is 1. The monoisotopic (exact) mass is 540 g/mol. The third kappa shape index (κ3) is 4.74. The maximum atomic E-state index is 13.2. The largest absolute Gasteiger partial charge is 0.505 e. The van der Waals surface area contributed by atoms with Crippen LogP contribution in [0.2, 0.25) is 0 Å². The molecule has 40 heavy (non-hydrogen) atoms. The molecule has 0 fully saturated rings. The molecule has 3 aromatic carbocycles. The molecule has 0 saturated heterocycles. The van der Waals surface area contributed by atoms with Crippen LogP contribution in [-0.4, -0.2) is 45.0 Å². The third-order valence-corrected chi connectivity index (χ3v) is 6.42. The fourth-order valence-electron chi connectivity index (χ4n) is 4.51. The van der Waals surface area contributed by atoms with Crippen molar-refractivity contribution in [2.75, 3.05) is 0 Å². The third-order valence-electron chi connectivity index (χ3n) is 6.42. The standard InChI is InChI=1S/C29H24N4O7/c1-3-22(35)40-18-10-11-19-20(14-18)27(37)25(26(19)36)31-30-21-12-9-17(13-16-7-5-4-6-8-16)23-24(21)29(39)33(28(23)38)32-15(2)34/h4-12,14,22,35-36H,3,13H2,1-2H3,(H,32,34). The summed E-state index contributed by atoms with van der Waals surface area (Å²) in [4.78, 5) is 51.2. The van der Waals surface area contributed by atoms with Crippen molar-refractivity contribution in [2.45, 2.75) is 33.0 Å². The average Bonchev–Trinajstić information content (AvgIpc) is 3.33. The summed E-state index contributed by atoms with van der Waals surface area (Å²) >= 11 is 0. The van der Waals surface area contributed by atoms with Crippen molar-refractivity contribution in [3.63, 3.8) is 0 Å². The molecule has 1 heterocycles. The van der Waals surface area contributed by atoms with Gasteiger partial charge in [-0.3, -0.25) is 24.6 Å². The highest BCUT2D eigenvalue weighted by Gasteiger charge is 2.41. The molecule has 11 heteroatoms. The Kier molecular flexibility index (Phi) is 6.97. The highest BCUT2D eigenvalue weighted by molar-refractivity contribution is 6.24. The number of hydrogen-bond acceptors (Lipinski definition) is 9. The Labute approximate surface area is 228 Å². The minimum atomic E-state index is -1.06. The maximum Gasteiger partial charge on any atom is 0.282 e. The van der Waals surface area contributed by atoms with Gasteiger partial charge in [0.15, 0.2) is 17.7 Å². The molecule has 1 aliphatic carbocycles. The van der Waals surface area contributed by atoms with E-state index in [4.69, 9.17) is 4.74 Å². The lowest BCUT2D eigenvalue weighted by Crippen LogP contribution is -2.44. The van der Waals surface area contributed by atoms with Crippen LogP contribution in [0.15, 0.2) is 76.6 Å². The molecule has 0 radical (unpaired) electrons. The smallest absolute Gasteiger partial charge is 0.282 e. The molecule has 0 aromatic heterocycles. The van der Waals surface area contributed by atoms with Gasteiger partial charge in [0.1, 0.15) is 5.75 Å². The van der Waals surface area contributed by atoms with E-state index in [1.54, 1.807) is 13.0 Å². The Hall–Kier alpha value is -5.16. The van der Waals surface area contributed by atoms with Crippen molar-refractivity contribution >= 4 is 35.0 Å². The molecule has 3 amide bonds. The summed E-state index contributed by atoms with van der Waals surface area (Å²) in [5.41, 5.74) is 3.61. The van der Waals surface area contributed by atoms with E-state index in [1.165, 1.54) is 31.2 Å². The second-order valence-corrected chi connectivity index (χ2v) is 9.18. The van der Waals surface area contributed by atoms with Gasteiger partial charge in [0.2, 0.25) is 11.7 Å². The number of benzene rings is 3. The molecule has 1 aliphatic heterocycles. The van der Waals surface area contributed by atoms with Crippen LogP contribution in [0.5, 0.6) is 5.75 Å². The number of carbonyl (C=O) groups excluding carboxylic acids is 4. The number of ketones is 1. The summed E-state index contributed by atoms with van der Waals surface area (Å²) in [6.07, 6.45) is -0.382. The van der Waals surface area contributed by atoms with Crippen LogP contribution in [0.1, 0.15) is 68.0 Å². The van der Waals surface area contributed by atoms with Crippen LogP contribution in [0.25, 0.3) is 5.76 Å². The van der Waals surface area contributed by atoms with Gasteiger partial charge in [-0.2, -0.15) is 5.01 Å². The van der Waals surface area contributed by atoms with Crippen molar-refractivity contribution in [1.82, 2.24) is 10.4 Å². The zero-order chi connectivity index (χ0) is 28.6. The van der Waals surface area contributed by atoms with E-state index in [2.05, 4.69) is 15.7 Å². The first-order valence-corrected chi connectivity index (χ1v) is 12.4. The number of nitrogens with zero attached hydrogens (tertiary/aromatic N) is 3. The van der Waals surface area contributed by atoms with E-state index < -0.39 is 35.6 Å². The number of aliphatic hydroxyl groups excluding tert-OH is 2.